The maximum absolute atomic E-state index is 11.2. The fourth-order valence-corrected chi connectivity index (χ4v) is 1.28. The molecule has 0 amide bonds. The topological polar surface area (TPSA) is 64.5 Å². The second-order valence-electron chi connectivity index (χ2n) is 3.24. The third-order valence-electron chi connectivity index (χ3n) is 2.15. The highest BCUT2D eigenvalue weighted by Crippen LogP contribution is 2.13. The molecular weight excluding hydrogens is 222 g/mol. The van der Waals surface area contributed by atoms with Crippen LogP contribution in [0.15, 0.2) is 12.4 Å². The second kappa shape index (κ2) is 6.67. The molecule has 94 valence electrons. The van der Waals surface area contributed by atoms with Crippen molar-refractivity contribution < 1.29 is 14.3 Å². The molecule has 0 aromatic carbocycles. The summed E-state index contributed by atoms with van der Waals surface area (Å²) in [6.45, 7) is 5.12. The van der Waals surface area contributed by atoms with Crippen molar-refractivity contribution in [2.24, 2.45) is 0 Å². The van der Waals surface area contributed by atoms with Crippen molar-refractivity contribution in [1.82, 2.24) is 9.97 Å². The standard InChI is InChI=1S/C11H17N3O3/c1-4-14(8-11(15)16-3)9-6-12-7-10(13-9)17-5-2/h6-7H,4-5,8H2,1-3H3. The summed E-state index contributed by atoms with van der Waals surface area (Å²) in [4.78, 5) is 21.3. The SMILES string of the molecule is CCOc1cncc(N(CC)CC(=O)OC)n1. The summed E-state index contributed by atoms with van der Waals surface area (Å²) in [6.07, 6.45) is 3.13. The highest BCUT2D eigenvalue weighted by Gasteiger charge is 2.12. The number of nitrogens with zero attached hydrogens (tertiary/aromatic N) is 3. The van der Waals surface area contributed by atoms with E-state index in [-0.39, 0.29) is 12.5 Å². The molecule has 6 heteroatoms. The number of carbonyl (C=O) groups is 1. The van der Waals surface area contributed by atoms with Gasteiger partial charge in [-0.1, -0.05) is 0 Å². The number of anilines is 1. The lowest BCUT2D eigenvalue weighted by atomic mass is 10.4. The monoisotopic (exact) mass is 239 g/mol. The maximum atomic E-state index is 11.2. The highest BCUT2D eigenvalue weighted by molar-refractivity contribution is 5.75. The first-order valence-electron chi connectivity index (χ1n) is 5.47. The Hall–Kier alpha value is -1.85. The lowest BCUT2D eigenvalue weighted by Gasteiger charge is -2.20. The van der Waals surface area contributed by atoms with Crippen molar-refractivity contribution in [3.05, 3.63) is 12.4 Å². The summed E-state index contributed by atoms with van der Waals surface area (Å²) in [5.41, 5.74) is 0. The third kappa shape index (κ3) is 3.90. The van der Waals surface area contributed by atoms with E-state index in [0.717, 1.165) is 0 Å². The van der Waals surface area contributed by atoms with Gasteiger partial charge >= 0.3 is 5.97 Å². The van der Waals surface area contributed by atoms with Gasteiger partial charge in [0.15, 0.2) is 5.82 Å². The molecule has 0 fully saturated rings. The highest BCUT2D eigenvalue weighted by atomic mass is 16.5. The van der Waals surface area contributed by atoms with Crippen LogP contribution in [0.2, 0.25) is 0 Å². The Morgan fingerprint density at radius 1 is 1.41 bits per heavy atom. The molecule has 0 atom stereocenters. The molecule has 0 bridgehead atoms. The van der Waals surface area contributed by atoms with Gasteiger partial charge < -0.3 is 14.4 Å². The Bertz CT molecular complexity index is 371. The van der Waals surface area contributed by atoms with Crippen LogP contribution in [-0.2, 0) is 9.53 Å². The van der Waals surface area contributed by atoms with Gasteiger partial charge in [0.2, 0.25) is 5.88 Å². The summed E-state index contributed by atoms with van der Waals surface area (Å²) in [6, 6.07) is 0. The van der Waals surface area contributed by atoms with Crippen molar-refractivity contribution in [3.8, 4) is 5.88 Å². The Balaban J connectivity index is 2.80. The van der Waals surface area contributed by atoms with Gasteiger partial charge in [-0.05, 0) is 13.8 Å². The van der Waals surface area contributed by atoms with E-state index < -0.39 is 0 Å². The van der Waals surface area contributed by atoms with E-state index in [1.807, 2.05) is 13.8 Å². The molecule has 0 unspecified atom stereocenters. The van der Waals surface area contributed by atoms with Crippen LogP contribution < -0.4 is 9.64 Å². The lowest BCUT2D eigenvalue weighted by Crippen LogP contribution is -2.31. The van der Waals surface area contributed by atoms with Crippen LogP contribution in [0, 0.1) is 0 Å². The van der Waals surface area contributed by atoms with Crippen LogP contribution in [0.4, 0.5) is 5.82 Å². The predicted molar refractivity (Wildman–Crippen MR) is 63.1 cm³/mol. The number of hydrogen-bond acceptors (Lipinski definition) is 6. The minimum atomic E-state index is -0.310. The smallest absolute Gasteiger partial charge is 0.325 e. The number of hydrogen-bond donors (Lipinski definition) is 0. The molecule has 0 aliphatic rings. The normalized spacial score (nSPS) is 9.82. The predicted octanol–water partition coefficient (Wildman–Crippen LogP) is 0.875. The molecule has 1 heterocycles. The minimum absolute atomic E-state index is 0.150. The van der Waals surface area contributed by atoms with Gasteiger partial charge in [0, 0.05) is 6.54 Å². The Morgan fingerprint density at radius 3 is 2.76 bits per heavy atom. The fraction of sp³-hybridized carbons (Fsp3) is 0.545. The average molecular weight is 239 g/mol. The third-order valence-corrected chi connectivity index (χ3v) is 2.15. The van der Waals surface area contributed by atoms with Crippen molar-refractivity contribution in [2.75, 3.05) is 31.7 Å². The van der Waals surface area contributed by atoms with E-state index in [4.69, 9.17) is 4.74 Å². The number of ether oxygens (including phenoxy) is 2. The van der Waals surface area contributed by atoms with E-state index in [1.54, 1.807) is 17.3 Å². The van der Waals surface area contributed by atoms with Gasteiger partial charge in [0.25, 0.3) is 0 Å². The summed E-state index contributed by atoms with van der Waals surface area (Å²) >= 11 is 0. The van der Waals surface area contributed by atoms with Gasteiger partial charge in [-0.3, -0.25) is 9.78 Å². The molecule has 0 saturated carbocycles. The van der Waals surface area contributed by atoms with Crippen molar-refractivity contribution in [3.63, 3.8) is 0 Å². The van der Waals surface area contributed by atoms with Crippen molar-refractivity contribution >= 4 is 11.8 Å². The molecular formula is C11H17N3O3. The molecule has 0 saturated heterocycles. The maximum Gasteiger partial charge on any atom is 0.325 e. The molecule has 1 aromatic rings. The number of carbonyl (C=O) groups excluding carboxylic acids is 1. The number of aromatic nitrogens is 2. The Morgan fingerprint density at radius 2 is 2.18 bits per heavy atom. The minimum Gasteiger partial charge on any atom is -0.477 e. The fourth-order valence-electron chi connectivity index (χ4n) is 1.28. The summed E-state index contributed by atoms with van der Waals surface area (Å²) in [5.74, 6) is 0.743. The van der Waals surface area contributed by atoms with Crippen LogP contribution in [-0.4, -0.2) is 42.7 Å². The van der Waals surface area contributed by atoms with Crippen LogP contribution in [0.25, 0.3) is 0 Å². The van der Waals surface area contributed by atoms with E-state index in [0.29, 0.717) is 24.8 Å². The van der Waals surface area contributed by atoms with Crippen LogP contribution in [0.3, 0.4) is 0 Å². The zero-order valence-corrected chi connectivity index (χ0v) is 10.3. The van der Waals surface area contributed by atoms with Gasteiger partial charge in [0.05, 0.1) is 26.1 Å². The van der Waals surface area contributed by atoms with E-state index in [9.17, 15) is 4.79 Å². The zero-order chi connectivity index (χ0) is 12.7. The number of likely N-dealkylation sites (N-methyl/N-ethyl adjacent to an activating group) is 1. The van der Waals surface area contributed by atoms with Gasteiger partial charge in [-0.25, -0.2) is 0 Å². The molecule has 1 aromatic heterocycles. The van der Waals surface area contributed by atoms with E-state index in [1.165, 1.54) is 7.11 Å². The van der Waals surface area contributed by atoms with Crippen LogP contribution in [0.5, 0.6) is 5.88 Å². The van der Waals surface area contributed by atoms with Gasteiger partial charge in [0.1, 0.15) is 6.54 Å². The van der Waals surface area contributed by atoms with Gasteiger partial charge in [-0.2, -0.15) is 4.98 Å². The lowest BCUT2D eigenvalue weighted by molar-refractivity contribution is -0.138. The molecule has 0 N–H and O–H groups in total. The molecule has 6 nitrogen and oxygen atoms in total. The Kier molecular flexibility index (Phi) is 5.19. The summed E-state index contributed by atoms with van der Waals surface area (Å²) < 4.78 is 9.88. The molecule has 1 rings (SSSR count). The first-order chi connectivity index (χ1) is 8.21. The first-order valence-corrected chi connectivity index (χ1v) is 5.47. The molecule has 0 spiro atoms. The van der Waals surface area contributed by atoms with Crippen LogP contribution >= 0.6 is 0 Å². The zero-order valence-electron chi connectivity index (χ0n) is 10.3. The van der Waals surface area contributed by atoms with Crippen LogP contribution in [0.1, 0.15) is 13.8 Å². The second-order valence-corrected chi connectivity index (χ2v) is 3.24. The average Bonchev–Trinajstić information content (AvgIpc) is 2.36. The number of methoxy groups -OCH3 is 1. The molecule has 0 radical (unpaired) electrons. The number of rotatable bonds is 6. The van der Waals surface area contributed by atoms with Crippen molar-refractivity contribution in [1.29, 1.82) is 0 Å². The van der Waals surface area contributed by atoms with Gasteiger partial charge in [-0.15, -0.1) is 0 Å². The Labute approximate surface area is 101 Å². The summed E-state index contributed by atoms with van der Waals surface area (Å²) in [7, 11) is 1.36. The number of esters is 1. The quantitative estimate of drug-likeness (QED) is 0.686. The largest absolute Gasteiger partial charge is 0.477 e. The van der Waals surface area contributed by atoms with E-state index >= 15 is 0 Å². The van der Waals surface area contributed by atoms with Crippen molar-refractivity contribution in [2.45, 2.75) is 13.8 Å². The molecule has 0 aliphatic heterocycles. The summed E-state index contributed by atoms with van der Waals surface area (Å²) in [5, 5.41) is 0. The first kappa shape index (κ1) is 13.2. The molecule has 0 aliphatic carbocycles. The van der Waals surface area contributed by atoms with E-state index in [2.05, 4.69) is 14.7 Å². The molecule has 17 heavy (non-hydrogen) atoms.